The lowest BCUT2D eigenvalue weighted by Crippen LogP contribution is -2.39. The van der Waals surface area contributed by atoms with Crippen molar-refractivity contribution in [2.24, 2.45) is 0 Å². The van der Waals surface area contributed by atoms with E-state index in [1.165, 1.54) is 24.1 Å². The molecule has 0 radical (unpaired) electrons. The molecule has 0 amide bonds. The number of nitrogens with zero attached hydrogens (tertiary/aromatic N) is 4. The van der Waals surface area contributed by atoms with Gasteiger partial charge in [0.25, 0.3) is 0 Å². The second-order valence-electron chi connectivity index (χ2n) is 7.32. The van der Waals surface area contributed by atoms with Crippen LogP contribution in [-0.2, 0) is 25.6 Å². The summed E-state index contributed by atoms with van der Waals surface area (Å²) >= 11 is 0. The van der Waals surface area contributed by atoms with Crippen LogP contribution >= 0.6 is 0 Å². The zero-order valence-corrected chi connectivity index (χ0v) is 15.0. The van der Waals surface area contributed by atoms with Gasteiger partial charge in [-0.05, 0) is 44.1 Å². The van der Waals surface area contributed by atoms with Gasteiger partial charge in [-0.25, -0.2) is 9.97 Å². The van der Waals surface area contributed by atoms with Crippen LogP contribution in [0.3, 0.4) is 0 Å². The fraction of sp³-hybridized carbons (Fsp3) is 0.611. The van der Waals surface area contributed by atoms with E-state index in [0.717, 1.165) is 63.4 Å². The molecule has 27 heavy (non-hydrogen) atoms. The van der Waals surface area contributed by atoms with Gasteiger partial charge in [-0.3, -0.25) is 10.00 Å². The maximum Gasteiger partial charge on any atom is 0.433 e. The summed E-state index contributed by atoms with van der Waals surface area (Å²) in [4.78, 5) is 9.59. The monoisotopic (exact) mass is 380 g/mol. The summed E-state index contributed by atoms with van der Waals surface area (Å²) < 4.78 is 38.3. The summed E-state index contributed by atoms with van der Waals surface area (Å²) in [5.74, 6) is 0.233. The van der Waals surface area contributed by atoms with Crippen molar-refractivity contribution in [1.29, 1.82) is 0 Å². The van der Waals surface area contributed by atoms with Gasteiger partial charge in [0.2, 0.25) is 0 Å². The minimum absolute atomic E-state index is 0.116. The van der Waals surface area contributed by atoms with Crippen LogP contribution in [0.2, 0.25) is 0 Å². The van der Waals surface area contributed by atoms with E-state index < -0.39 is 11.9 Å². The van der Waals surface area contributed by atoms with E-state index in [1.807, 2.05) is 0 Å². The van der Waals surface area contributed by atoms with Gasteiger partial charge < -0.3 is 5.32 Å². The number of aromatic amines is 1. The molecule has 2 aromatic heterocycles. The fourth-order valence-electron chi connectivity index (χ4n) is 3.93. The first-order valence-electron chi connectivity index (χ1n) is 9.42. The maximum absolute atomic E-state index is 12.8. The van der Waals surface area contributed by atoms with Crippen LogP contribution < -0.4 is 5.32 Å². The number of fused-ring (bicyclic) bond motifs is 1. The first kappa shape index (κ1) is 18.2. The number of aryl methyl sites for hydroxylation is 1. The summed E-state index contributed by atoms with van der Waals surface area (Å²) in [6.07, 6.45) is 2.87. The Bertz CT molecular complexity index is 780. The quantitative estimate of drug-likeness (QED) is 0.853. The number of alkyl halides is 3. The SMILES string of the molecule is FC(F)(F)c1cc(NC2CCN(Cc3n[nH]c4c3CCCC4)CC2)ncn1. The van der Waals surface area contributed by atoms with E-state index in [9.17, 15) is 13.2 Å². The van der Waals surface area contributed by atoms with E-state index >= 15 is 0 Å². The highest BCUT2D eigenvalue weighted by Gasteiger charge is 2.33. The molecule has 4 rings (SSSR count). The molecule has 146 valence electrons. The number of rotatable bonds is 4. The van der Waals surface area contributed by atoms with Crippen molar-refractivity contribution in [2.75, 3.05) is 18.4 Å². The van der Waals surface area contributed by atoms with Crippen LogP contribution in [0, 0.1) is 0 Å². The Hall–Kier alpha value is -2.16. The molecular formula is C18H23F3N6. The molecule has 1 aliphatic heterocycles. The summed E-state index contributed by atoms with van der Waals surface area (Å²) in [6.45, 7) is 2.61. The van der Waals surface area contributed by atoms with Gasteiger partial charge in [-0.15, -0.1) is 0 Å². The van der Waals surface area contributed by atoms with E-state index in [0.29, 0.717) is 0 Å². The molecule has 2 N–H and O–H groups in total. The molecule has 1 saturated heterocycles. The van der Waals surface area contributed by atoms with Crippen LogP contribution in [0.15, 0.2) is 12.4 Å². The molecule has 0 atom stereocenters. The zero-order chi connectivity index (χ0) is 18.9. The second kappa shape index (κ2) is 7.46. The van der Waals surface area contributed by atoms with Crippen LogP contribution in [-0.4, -0.2) is 44.2 Å². The Morgan fingerprint density at radius 3 is 2.70 bits per heavy atom. The largest absolute Gasteiger partial charge is 0.433 e. The highest BCUT2D eigenvalue weighted by atomic mass is 19.4. The van der Waals surface area contributed by atoms with Crippen molar-refractivity contribution in [1.82, 2.24) is 25.1 Å². The van der Waals surface area contributed by atoms with Crippen LogP contribution in [0.5, 0.6) is 0 Å². The normalized spacial score (nSPS) is 19.1. The van der Waals surface area contributed by atoms with E-state index in [-0.39, 0.29) is 11.9 Å². The number of likely N-dealkylation sites (tertiary alicyclic amines) is 1. The number of hydrogen-bond donors (Lipinski definition) is 2. The molecule has 0 saturated carbocycles. The van der Waals surface area contributed by atoms with Gasteiger partial charge in [-0.2, -0.15) is 18.3 Å². The van der Waals surface area contributed by atoms with Gasteiger partial charge in [0, 0.05) is 37.4 Å². The van der Waals surface area contributed by atoms with Gasteiger partial charge in [0.1, 0.15) is 17.8 Å². The Kier molecular flexibility index (Phi) is 5.03. The van der Waals surface area contributed by atoms with Gasteiger partial charge in [0.15, 0.2) is 0 Å². The standard InChI is InChI=1S/C18H23F3N6/c19-18(20,21)16-9-17(23-11-22-16)24-12-5-7-27(8-6-12)10-15-13-3-1-2-4-14(13)25-26-15/h9,11-12H,1-8,10H2,(H,25,26)(H,22,23,24). The summed E-state index contributed by atoms with van der Waals surface area (Å²) in [6, 6.07) is 1.09. The number of anilines is 1. The predicted molar refractivity (Wildman–Crippen MR) is 94.2 cm³/mol. The van der Waals surface area contributed by atoms with Crippen molar-refractivity contribution >= 4 is 5.82 Å². The van der Waals surface area contributed by atoms with Crippen molar-refractivity contribution in [3.8, 4) is 0 Å². The average Bonchev–Trinajstić information content (AvgIpc) is 3.06. The lowest BCUT2D eigenvalue weighted by atomic mass is 9.95. The van der Waals surface area contributed by atoms with Crippen molar-refractivity contribution < 1.29 is 13.2 Å². The van der Waals surface area contributed by atoms with Crippen LogP contribution in [0.1, 0.15) is 48.3 Å². The lowest BCUT2D eigenvalue weighted by Gasteiger charge is -2.32. The molecule has 1 fully saturated rings. The van der Waals surface area contributed by atoms with E-state index in [4.69, 9.17) is 0 Å². The maximum atomic E-state index is 12.8. The van der Waals surface area contributed by atoms with Crippen LogP contribution in [0.25, 0.3) is 0 Å². The Morgan fingerprint density at radius 2 is 1.93 bits per heavy atom. The molecule has 3 heterocycles. The Labute approximate surface area is 155 Å². The number of hydrogen-bond acceptors (Lipinski definition) is 5. The highest BCUT2D eigenvalue weighted by molar-refractivity contribution is 5.37. The van der Waals surface area contributed by atoms with Crippen LogP contribution in [0.4, 0.5) is 19.0 Å². The predicted octanol–water partition coefficient (Wildman–Crippen LogP) is 3.17. The third-order valence-corrected chi connectivity index (χ3v) is 5.41. The van der Waals surface area contributed by atoms with Gasteiger partial charge in [0.05, 0.1) is 5.69 Å². The third kappa shape index (κ3) is 4.23. The van der Waals surface area contributed by atoms with E-state index in [2.05, 4.69) is 30.4 Å². The van der Waals surface area contributed by atoms with Gasteiger partial charge in [-0.1, -0.05) is 0 Å². The van der Waals surface area contributed by atoms with Crippen molar-refractivity contribution in [3.63, 3.8) is 0 Å². The molecule has 1 aliphatic carbocycles. The number of halogens is 3. The smallest absolute Gasteiger partial charge is 0.367 e. The first-order chi connectivity index (χ1) is 13.0. The number of piperidine rings is 1. The summed E-state index contributed by atoms with van der Waals surface area (Å²) in [5, 5.41) is 10.8. The highest BCUT2D eigenvalue weighted by Crippen LogP contribution is 2.29. The summed E-state index contributed by atoms with van der Waals surface area (Å²) in [7, 11) is 0. The number of aromatic nitrogens is 4. The number of H-pyrrole nitrogens is 1. The third-order valence-electron chi connectivity index (χ3n) is 5.41. The molecule has 9 heteroatoms. The number of nitrogens with one attached hydrogen (secondary N) is 2. The second-order valence-corrected chi connectivity index (χ2v) is 7.32. The Morgan fingerprint density at radius 1 is 1.15 bits per heavy atom. The van der Waals surface area contributed by atoms with Crippen molar-refractivity contribution in [2.45, 2.75) is 57.3 Å². The van der Waals surface area contributed by atoms with Gasteiger partial charge >= 0.3 is 6.18 Å². The average molecular weight is 380 g/mol. The molecule has 6 nitrogen and oxygen atoms in total. The minimum atomic E-state index is -4.45. The molecule has 2 aromatic rings. The molecule has 0 aromatic carbocycles. The molecule has 0 spiro atoms. The first-order valence-corrected chi connectivity index (χ1v) is 9.42. The van der Waals surface area contributed by atoms with Crippen molar-refractivity contribution in [3.05, 3.63) is 35.0 Å². The molecule has 0 unspecified atom stereocenters. The Balaban J connectivity index is 1.31. The molecule has 0 bridgehead atoms. The zero-order valence-electron chi connectivity index (χ0n) is 15.0. The minimum Gasteiger partial charge on any atom is -0.367 e. The lowest BCUT2D eigenvalue weighted by molar-refractivity contribution is -0.141. The fourth-order valence-corrected chi connectivity index (χ4v) is 3.93. The topological polar surface area (TPSA) is 69.7 Å². The molecular weight excluding hydrogens is 357 g/mol. The molecule has 2 aliphatic rings. The van der Waals surface area contributed by atoms with E-state index in [1.54, 1.807) is 0 Å². The summed E-state index contributed by atoms with van der Waals surface area (Å²) in [5.41, 5.74) is 2.92.